The first-order chi connectivity index (χ1) is 9.24. The highest BCUT2D eigenvalue weighted by Crippen LogP contribution is 2.27. The van der Waals surface area contributed by atoms with E-state index in [0.717, 1.165) is 53.0 Å². The van der Waals surface area contributed by atoms with E-state index >= 15 is 0 Å². The summed E-state index contributed by atoms with van der Waals surface area (Å²) in [5.41, 5.74) is 8.45. The van der Waals surface area contributed by atoms with Gasteiger partial charge in [-0.2, -0.15) is 0 Å². The number of hydrogen-bond donors (Lipinski definition) is 1. The standard InChI is InChI=1S/C15H17NO2S/c1-19-15-9-12(10-17)11(8-14(15)16)4-2-5-13-6-3-7-18-13/h3,6-10H,2,4-5,16H2,1H3. The van der Waals surface area contributed by atoms with Crippen LogP contribution in [0.1, 0.15) is 28.1 Å². The second-order valence-corrected chi connectivity index (χ2v) is 5.19. The van der Waals surface area contributed by atoms with Crippen LogP contribution in [0.3, 0.4) is 0 Å². The van der Waals surface area contributed by atoms with E-state index in [2.05, 4.69) is 0 Å². The lowest BCUT2D eigenvalue weighted by Crippen LogP contribution is -1.99. The zero-order chi connectivity index (χ0) is 13.7. The molecule has 4 heteroatoms. The molecule has 19 heavy (non-hydrogen) atoms. The summed E-state index contributed by atoms with van der Waals surface area (Å²) in [6, 6.07) is 7.64. The van der Waals surface area contributed by atoms with Gasteiger partial charge in [0.05, 0.1) is 6.26 Å². The van der Waals surface area contributed by atoms with Crippen LogP contribution in [-0.2, 0) is 12.8 Å². The van der Waals surface area contributed by atoms with Gasteiger partial charge >= 0.3 is 0 Å². The summed E-state index contributed by atoms with van der Waals surface area (Å²) >= 11 is 1.56. The number of rotatable bonds is 6. The van der Waals surface area contributed by atoms with Gasteiger partial charge in [-0.25, -0.2) is 0 Å². The summed E-state index contributed by atoms with van der Waals surface area (Å²) in [6.45, 7) is 0. The van der Waals surface area contributed by atoms with E-state index in [9.17, 15) is 4.79 Å². The Hall–Kier alpha value is -1.68. The maximum Gasteiger partial charge on any atom is 0.150 e. The van der Waals surface area contributed by atoms with Gasteiger partial charge < -0.3 is 10.2 Å². The van der Waals surface area contributed by atoms with Crippen LogP contribution >= 0.6 is 11.8 Å². The average Bonchev–Trinajstić information content (AvgIpc) is 2.92. The molecule has 0 bridgehead atoms. The number of carbonyl (C=O) groups is 1. The summed E-state index contributed by atoms with van der Waals surface area (Å²) in [4.78, 5) is 12.1. The topological polar surface area (TPSA) is 56.2 Å². The summed E-state index contributed by atoms with van der Waals surface area (Å²) in [5.74, 6) is 0.973. The molecule has 1 aromatic carbocycles. The van der Waals surface area contributed by atoms with Crippen LogP contribution in [-0.4, -0.2) is 12.5 Å². The Balaban J connectivity index is 2.06. The molecule has 0 unspecified atom stereocenters. The number of thioether (sulfide) groups is 1. The lowest BCUT2D eigenvalue weighted by molar-refractivity contribution is 0.112. The molecule has 100 valence electrons. The van der Waals surface area contributed by atoms with Crippen molar-refractivity contribution in [2.75, 3.05) is 12.0 Å². The van der Waals surface area contributed by atoms with Crippen molar-refractivity contribution in [3.63, 3.8) is 0 Å². The van der Waals surface area contributed by atoms with Gasteiger partial charge in [-0.05, 0) is 48.9 Å². The molecule has 0 aliphatic heterocycles. The molecule has 1 aromatic heterocycles. The number of anilines is 1. The van der Waals surface area contributed by atoms with Crippen LogP contribution in [0.2, 0.25) is 0 Å². The normalized spacial score (nSPS) is 10.6. The van der Waals surface area contributed by atoms with Crippen LogP contribution < -0.4 is 5.73 Å². The number of nitrogens with two attached hydrogens (primary N) is 1. The highest BCUT2D eigenvalue weighted by molar-refractivity contribution is 7.98. The van der Waals surface area contributed by atoms with Gasteiger partial charge in [-0.15, -0.1) is 11.8 Å². The first-order valence-electron chi connectivity index (χ1n) is 6.18. The van der Waals surface area contributed by atoms with Crippen molar-refractivity contribution < 1.29 is 9.21 Å². The number of nitrogen functional groups attached to an aromatic ring is 1. The molecule has 1 heterocycles. The van der Waals surface area contributed by atoms with E-state index in [4.69, 9.17) is 10.2 Å². The Morgan fingerprint density at radius 3 is 2.84 bits per heavy atom. The SMILES string of the molecule is CSc1cc(C=O)c(CCCc2ccco2)cc1N. The zero-order valence-electron chi connectivity index (χ0n) is 10.9. The third-order valence-electron chi connectivity index (χ3n) is 3.07. The zero-order valence-corrected chi connectivity index (χ0v) is 11.7. The number of aldehydes is 1. The highest BCUT2D eigenvalue weighted by atomic mass is 32.2. The van der Waals surface area contributed by atoms with E-state index in [-0.39, 0.29) is 0 Å². The molecule has 0 saturated heterocycles. The summed E-state index contributed by atoms with van der Waals surface area (Å²) in [7, 11) is 0. The molecule has 0 amide bonds. The van der Waals surface area contributed by atoms with Crippen molar-refractivity contribution in [3.8, 4) is 0 Å². The monoisotopic (exact) mass is 275 g/mol. The molecule has 0 aliphatic rings. The number of carbonyl (C=O) groups excluding carboxylic acids is 1. The summed E-state index contributed by atoms with van der Waals surface area (Å²) in [6.07, 6.45) is 7.17. The van der Waals surface area contributed by atoms with Gasteiger partial charge in [-0.3, -0.25) is 4.79 Å². The number of benzene rings is 1. The number of aryl methyl sites for hydroxylation is 2. The molecular formula is C15H17NO2S. The van der Waals surface area contributed by atoms with Crippen molar-refractivity contribution in [2.24, 2.45) is 0 Å². The minimum Gasteiger partial charge on any atom is -0.469 e. The lowest BCUT2D eigenvalue weighted by Gasteiger charge is -2.09. The van der Waals surface area contributed by atoms with Gasteiger partial charge in [-0.1, -0.05) is 0 Å². The second kappa shape index (κ2) is 6.48. The van der Waals surface area contributed by atoms with Gasteiger partial charge in [0, 0.05) is 22.6 Å². The maximum absolute atomic E-state index is 11.1. The largest absolute Gasteiger partial charge is 0.469 e. The molecule has 0 atom stereocenters. The fourth-order valence-corrected chi connectivity index (χ4v) is 2.61. The molecule has 0 radical (unpaired) electrons. The quantitative estimate of drug-likeness (QED) is 0.497. The molecular weight excluding hydrogens is 258 g/mol. The molecule has 0 saturated carbocycles. The van der Waals surface area contributed by atoms with E-state index < -0.39 is 0 Å². The molecule has 0 aliphatic carbocycles. The van der Waals surface area contributed by atoms with Crippen LogP contribution in [0, 0.1) is 0 Å². The molecule has 2 aromatic rings. The van der Waals surface area contributed by atoms with E-state index in [1.165, 1.54) is 0 Å². The van der Waals surface area contributed by atoms with Crippen molar-refractivity contribution >= 4 is 23.7 Å². The van der Waals surface area contributed by atoms with Crippen LogP contribution in [0.4, 0.5) is 5.69 Å². The molecule has 0 spiro atoms. The van der Waals surface area contributed by atoms with Crippen LogP contribution in [0.15, 0.2) is 39.8 Å². The predicted molar refractivity (Wildman–Crippen MR) is 78.8 cm³/mol. The minimum absolute atomic E-state index is 0.734. The third-order valence-corrected chi connectivity index (χ3v) is 3.86. The fourth-order valence-electron chi connectivity index (χ4n) is 2.07. The predicted octanol–water partition coefficient (Wildman–Crippen LogP) is 3.57. The van der Waals surface area contributed by atoms with E-state index in [1.54, 1.807) is 18.0 Å². The average molecular weight is 275 g/mol. The maximum atomic E-state index is 11.1. The van der Waals surface area contributed by atoms with E-state index in [0.29, 0.717) is 0 Å². The Bertz CT molecular complexity index is 550. The van der Waals surface area contributed by atoms with Gasteiger partial charge in [0.2, 0.25) is 0 Å². The molecule has 2 rings (SSSR count). The molecule has 3 nitrogen and oxygen atoms in total. The highest BCUT2D eigenvalue weighted by Gasteiger charge is 2.07. The smallest absolute Gasteiger partial charge is 0.150 e. The summed E-state index contributed by atoms with van der Waals surface area (Å²) < 4.78 is 5.29. The van der Waals surface area contributed by atoms with Crippen LogP contribution in [0.25, 0.3) is 0 Å². The van der Waals surface area contributed by atoms with E-state index in [1.807, 2.05) is 30.5 Å². The van der Waals surface area contributed by atoms with Crippen molar-refractivity contribution in [3.05, 3.63) is 47.4 Å². The fraction of sp³-hybridized carbons (Fsp3) is 0.267. The number of hydrogen-bond acceptors (Lipinski definition) is 4. The first kappa shape index (κ1) is 13.7. The molecule has 2 N–H and O–H groups in total. The Kier molecular flexibility index (Phi) is 4.68. The van der Waals surface area contributed by atoms with Crippen LogP contribution in [0.5, 0.6) is 0 Å². The third kappa shape index (κ3) is 3.41. The van der Waals surface area contributed by atoms with Crippen molar-refractivity contribution in [2.45, 2.75) is 24.2 Å². The van der Waals surface area contributed by atoms with Crippen molar-refractivity contribution in [1.29, 1.82) is 0 Å². The lowest BCUT2D eigenvalue weighted by atomic mass is 10.0. The number of furan rings is 1. The molecule has 0 fully saturated rings. The summed E-state index contributed by atoms with van der Waals surface area (Å²) in [5, 5.41) is 0. The Morgan fingerprint density at radius 2 is 2.21 bits per heavy atom. The van der Waals surface area contributed by atoms with Gasteiger partial charge in [0.25, 0.3) is 0 Å². The second-order valence-electron chi connectivity index (χ2n) is 4.34. The minimum atomic E-state index is 0.734. The Labute approximate surface area is 117 Å². The van der Waals surface area contributed by atoms with Gasteiger partial charge in [0.1, 0.15) is 12.0 Å². The Morgan fingerprint density at radius 1 is 1.37 bits per heavy atom. The van der Waals surface area contributed by atoms with Crippen molar-refractivity contribution in [1.82, 2.24) is 0 Å². The van der Waals surface area contributed by atoms with Gasteiger partial charge in [0.15, 0.2) is 0 Å². The first-order valence-corrected chi connectivity index (χ1v) is 7.41.